The number of hydrogen-bond donors (Lipinski definition) is 0. The molecule has 0 amide bonds. The first-order chi connectivity index (χ1) is 32.5. The molecular formula is C63H45N3. The molecule has 0 saturated heterocycles. The van der Waals surface area contributed by atoms with Crippen LogP contribution in [0.15, 0.2) is 212 Å². The molecule has 0 saturated carbocycles. The van der Waals surface area contributed by atoms with Crippen molar-refractivity contribution < 1.29 is 0 Å². The number of nitrogens with zero attached hydrogens (tertiary/aromatic N) is 3. The zero-order valence-corrected chi connectivity index (χ0v) is 37.0. The van der Waals surface area contributed by atoms with Gasteiger partial charge in [0.25, 0.3) is 0 Å². The quantitative estimate of drug-likeness (QED) is 0.164. The minimum absolute atomic E-state index is 0.102. The van der Waals surface area contributed by atoms with Gasteiger partial charge in [-0.1, -0.05) is 135 Å². The van der Waals surface area contributed by atoms with Crippen LogP contribution in [-0.4, -0.2) is 13.7 Å². The maximum absolute atomic E-state index is 2.50. The first kappa shape index (κ1) is 37.3. The van der Waals surface area contributed by atoms with Crippen molar-refractivity contribution in [3.63, 3.8) is 0 Å². The van der Waals surface area contributed by atoms with E-state index in [4.69, 9.17) is 0 Å². The van der Waals surface area contributed by atoms with Crippen molar-refractivity contribution >= 4 is 71.1 Å². The number of benzene rings is 9. The summed E-state index contributed by atoms with van der Waals surface area (Å²) in [6.45, 7) is 4.74. The van der Waals surface area contributed by atoms with Gasteiger partial charge in [0.2, 0.25) is 0 Å². The summed E-state index contributed by atoms with van der Waals surface area (Å²) in [4.78, 5) is 0. The fourth-order valence-corrected chi connectivity index (χ4v) is 11.7. The first-order valence-corrected chi connectivity index (χ1v) is 23.3. The van der Waals surface area contributed by atoms with Crippen LogP contribution in [0.1, 0.15) is 37.8 Å². The van der Waals surface area contributed by atoms with Gasteiger partial charge >= 0.3 is 0 Å². The maximum Gasteiger partial charge on any atom is 0.0541 e. The van der Waals surface area contributed by atoms with Crippen LogP contribution < -0.4 is 0 Å². The summed E-state index contributed by atoms with van der Waals surface area (Å²) in [6.07, 6.45) is 9.12. The molecule has 0 bridgehead atoms. The first-order valence-electron chi connectivity index (χ1n) is 23.3. The maximum atomic E-state index is 2.50. The van der Waals surface area contributed by atoms with Crippen LogP contribution in [0.25, 0.3) is 116 Å². The van der Waals surface area contributed by atoms with Crippen molar-refractivity contribution in [3.05, 3.63) is 223 Å². The highest BCUT2D eigenvalue weighted by Crippen LogP contribution is 2.50. The molecular weight excluding hydrogens is 799 g/mol. The van der Waals surface area contributed by atoms with Gasteiger partial charge in [0.05, 0.1) is 33.1 Å². The van der Waals surface area contributed by atoms with Crippen LogP contribution in [0.5, 0.6) is 0 Å². The van der Waals surface area contributed by atoms with E-state index in [1.54, 1.807) is 0 Å². The fourth-order valence-electron chi connectivity index (χ4n) is 11.7. The van der Waals surface area contributed by atoms with E-state index >= 15 is 0 Å². The largest absolute Gasteiger partial charge is 0.310 e. The molecule has 0 fully saturated rings. The molecule has 3 heterocycles. The standard InChI is InChI=1S/C63H45N3/c1-63(2)55-22-12-9-19-47(55)48-30-29-46(39-56(48)63)66-61-33-27-42(40-25-31-59-51(35-40)49-20-10-13-23-57(49)64(59)44-15-5-3-6-16-44)37-53(61)54-38-43(28-34-62(54)66)41-26-32-60-52(36-41)50-21-11-14-24-58(50)65(60)45-17-7-4-8-18-45/h3,5-7,9-39H,4,8H2,1-2H3. The van der Waals surface area contributed by atoms with E-state index < -0.39 is 0 Å². The van der Waals surface area contributed by atoms with Crippen molar-refractivity contribution in [2.75, 3.05) is 0 Å². The zero-order chi connectivity index (χ0) is 43.7. The molecule has 3 nitrogen and oxygen atoms in total. The van der Waals surface area contributed by atoms with E-state index in [1.165, 1.54) is 127 Å². The lowest BCUT2D eigenvalue weighted by Crippen LogP contribution is -2.15. The molecule has 0 spiro atoms. The van der Waals surface area contributed by atoms with Crippen LogP contribution in [0.2, 0.25) is 0 Å². The van der Waals surface area contributed by atoms with Gasteiger partial charge in [-0.15, -0.1) is 0 Å². The Morgan fingerprint density at radius 2 is 0.818 bits per heavy atom. The number of aromatic nitrogens is 3. The highest BCUT2D eigenvalue weighted by atomic mass is 15.0. The van der Waals surface area contributed by atoms with E-state index in [1.807, 2.05) is 0 Å². The molecule has 14 rings (SSSR count). The summed E-state index contributed by atoms with van der Waals surface area (Å²) >= 11 is 0. The van der Waals surface area contributed by atoms with E-state index in [2.05, 4.69) is 240 Å². The number of rotatable bonds is 5. The van der Waals surface area contributed by atoms with Gasteiger partial charge in [0, 0.05) is 54.8 Å². The second-order valence-corrected chi connectivity index (χ2v) is 18.8. The van der Waals surface area contributed by atoms with Gasteiger partial charge in [0.1, 0.15) is 0 Å². The number of fused-ring (bicyclic) bond motifs is 12. The average Bonchev–Trinajstić information content (AvgIpc) is 4.07. The summed E-state index contributed by atoms with van der Waals surface area (Å²) in [5.74, 6) is 0. The van der Waals surface area contributed by atoms with Crippen LogP contribution in [-0.2, 0) is 5.41 Å². The number of para-hydroxylation sites is 3. The Labute approximate surface area is 383 Å². The van der Waals surface area contributed by atoms with Gasteiger partial charge in [-0.05, 0) is 148 Å². The number of allylic oxidation sites excluding steroid dienone is 4. The lowest BCUT2D eigenvalue weighted by Gasteiger charge is -2.22. The Bertz CT molecular complexity index is 4070. The van der Waals surface area contributed by atoms with Gasteiger partial charge in [-0.3, -0.25) is 0 Å². The summed E-state index contributed by atoms with van der Waals surface area (Å²) in [5, 5.41) is 7.56. The summed E-state index contributed by atoms with van der Waals surface area (Å²) in [6, 6.07) is 72.7. The third kappa shape index (κ3) is 5.31. The van der Waals surface area contributed by atoms with Crippen molar-refractivity contribution in [3.8, 4) is 44.8 Å². The highest BCUT2D eigenvalue weighted by molar-refractivity contribution is 6.15. The Morgan fingerprint density at radius 1 is 0.348 bits per heavy atom. The summed E-state index contributed by atoms with van der Waals surface area (Å²) in [7, 11) is 0. The Morgan fingerprint density at radius 3 is 1.41 bits per heavy atom. The monoisotopic (exact) mass is 843 g/mol. The topological polar surface area (TPSA) is 14.8 Å². The van der Waals surface area contributed by atoms with Gasteiger partial charge in [0.15, 0.2) is 0 Å². The Hall–Kier alpha value is -8.14. The Balaban J connectivity index is 0.974. The molecule has 3 heteroatoms. The van der Waals surface area contributed by atoms with E-state index in [0.717, 1.165) is 12.8 Å². The predicted octanol–water partition coefficient (Wildman–Crippen LogP) is 16.8. The normalized spacial score (nSPS) is 14.2. The molecule has 0 atom stereocenters. The SMILES string of the molecule is CC1(C)c2ccccc2-c2ccc(-n3c4ccc(-c5ccc6c(c5)c5ccccc5n6C5=CCCC=C5)cc4c4cc(-c5ccc6c(c5)c5ccccc5n6-c5ccccc5)ccc43)cc21. The summed E-state index contributed by atoms with van der Waals surface area (Å²) in [5.41, 5.74) is 21.1. The zero-order valence-electron chi connectivity index (χ0n) is 37.0. The molecule has 0 unspecified atom stereocenters. The lowest BCUT2D eigenvalue weighted by molar-refractivity contribution is 0.660. The van der Waals surface area contributed by atoms with Crippen molar-refractivity contribution in [1.29, 1.82) is 0 Å². The molecule has 312 valence electrons. The minimum Gasteiger partial charge on any atom is -0.310 e. The highest BCUT2D eigenvalue weighted by Gasteiger charge is 2.35. The second kappa shape index (κ2) is 13.9. The van der Waals surface area contributed by atoms with Crippen molar-refractivity contribution in [2.45, 2.75) is 32.1 Å². The molecule has 12 aromatic rings. The molecule has 0 N–H and O–H groups in total. The Kier molecular flexibility index (Phi) is 7.86. The van der Waals surface area contributed by atoms with Crippen LogP contribution in [0.4, 0.5) is 0 Å². The smallest absolute Gasteiger partial charge is 0.0541 e. The third-order valence-electron chi connectivity index (χ3n) is 14.9. The minimum atomic E-state index is -0.102. The van der Waals surface area contributed by atoms with Gasteiger partial charge in [-0.2, -0.15) is 0 Å². The van der Waals surface area contributed by atoms with Crippen molar-refractivity contribution in [1.82, 2.24) is 13.7 Å². The molecule has 3 aromatic heterocycles. The number of hydrogen-bond acceptors (Lipinski definition) is 0. The molecule has 0 aliphatic heterocycles. The molecule has 66 heavy (non-hydrogen) atoms. The van der Waals surface area contributed by atoms with Crippen LogP contribution >= 0.6 is 0 Å². The summed E-state index contributed by atoms with van der Waals surface area (Å²) < 4.78 is 7.33. The third-order valence-corrected chi connectivity index (χ3v) is 14.9. The predicted molar refractivity (Wildman–Crippen MR) is 279 cm³/mol. The van der Waals surface area contributed by atoms with E-state index in [0.29, 0.717) is 0 Å². The fraction of sp³-hybridized carbons (Fsp3) is 0.0794. The second-order valence-electron chi connectivity index (χ2n) is 18.8. The molecule has 2 aliphatic carbocycles. The van der Waals surface area contributed by atoms with Gasteiger partial charge < -0.3 is 13.7 Å². The van der Waals surface area contributed by atoms with E-state index in [9.17, 15) is 0 Å². The molecule has 0 radical (unpaired) electrons. The molecule has 9 aromatic carbocycles. The van der Waals surface area contributed by atoms with E-state index in [-0.39, 0.29) is 5.41 Å². The van der Waals surface area contributed by atoms with Gasteiger partial charge in [-0.25, -0.2) is 0 Å². The van der Waals surface area contributed by atoms with Crippen LogP contribution in [0.3, 0.4) is 0 Å². The molecule has 2 aliphatic rings. The van der Waals surface area contributed by atoms with Crippen molar-refractivity contribution in [2.24, 2.45) is 0 Å². The average molecular weight is 844 g/mol. The van der Waals surface area contributed by atoms with Crippen LogP contribution in [0, 0.1) is 0 Å². The lowest BCUT2D eigenvalue weighted by atomic mass is 9.82.